The van der Waals surface area contributed by atoms with Crippen LogP contribution < -0.4 is 5.32 Å². The number of hydrogen-bond acceptors (Lipinski definition) is 2. The summed E-state index contributed by atoms with van der Waals surface area (Å²) >= 11 is 0. The van der Waals surface area contributed by atoms with Crippen LogP contribution in [0.15, 0.2) is 0 Å². The second kappa shape index (κ2) is 9.17. The van der Waals surface area contributed by atoms with Gasteiger partial charge in [-0.15, -0.1) is 0 Å². The summed E-state index contributed by atoms with van der Waals surface area (Å²) in [5, 5.41) is 3.44. The van der Waals surface area contributed by atoms with Crippen molar-refractivity contribution < 1.29 is 0 Å². The zero-order valence-corrected chi connectivity index (χ0v) is 11.3. The smallest absolute Gasteiger partial charge is 0.0104 e. The molecule has 0 radical (unpaired) electrons. The molecule has 92 valence electrons. The van der Waals surface area contributed by atoms with Gasteiger partial charge in [0.25, 0.3) is 0 Å². The van der Waals surface area contributed by atoms with Gasteiger partial charge in [0.1, 0.15) is 0 Å². The normalized spacial score (nSPS) is 15.6. The Morgan fingerprint density at radius 1 is 1.13 bits per heavy atom. The van der Waals surface area contributed by atoms with E-state index in [9.17, 15) is 0 Å². The summed E-state index contributed by atoms with van der Waals surface area (Å²) in [7, 11) is 0. The molecule has 15 heavy (non-hydrogen) atoms. The van der Waals surface area contributed by atoms with Crippen LogP contribution in [0.2, 0.25) is 0 Å². The maximum absolute atomic E-state index is 3.44. The van der Waals surface area contributed by atoms with E-state index in [1.807, 2.05) is 0 Å². The van der Waals surface area contributed by atoms with Crippen LogP contribution in [0.1, 0.15) is 47.5 Å². The topological polar surface area (TPSA) is 15.3 Å². The first kappa shape index (κ1) is 14.9. The summed E-state index contributed by atoms with van der Waals surface area (Å²) in [6, 6.07) is 0.695. The van der Waals surface area contributed by atoms with E-state index in [-0.39, 0.29) is 0 Å². The molecule has 0 aromatic carbocycles. The van der Waals surface area contributed by atoms with Gasteiger partial charge in [-0.3, -0.25) is 0 Å². The minimum Gasteiger partial charge on any atom is -0.317 e. The molecule has 0 rings (SSSR count). The highest BCUT2D eigenvalue weighted by molar-refractivity contribution is 4.73. The Hall–Kier alpha value is -0.0800. The molecular formula is C13H30N2. The van der Waals surface area contributed by atoms with Gasteiger partial charge in [0.05, 0.1) is 0 Å². The average molecular weight is 214 g/mol. The molecule has 0 saturated carbocycles. The van der Waals surface area contributed by atoms with E-state index in [1.54, 1.807) is 0 Å². The van der Waals surface area contributed by atoms with Crippen molar-refractivity contribution in [2.45, 2.75) is 53.5 Å². The van der Waals surface area contributed by atoms with Crippen LogP contribution in [0.4, 0.5) is 0 Å². The Morgan fingerprint density at radius 3 is 2.27 bits per heavy atom. The minimum atomic E-state index is 0.695. The molecule has 1 N–H and O–H groups in total. The predicted octanol–water partition coefficient (Wildman–Crippen LogP) is 2.74. The summed E-state index contributed by atoms with van der Waals surface area (Å²) in [5.74, 6) is 0.738. The molecule has 0 saturated heterocycles. The van der Waals surface area contributed by atoms with Crippen LogP contribution in [0.25, 0.3) is 0 Å². The van der Waals surface area contributed by atoms with Gasteiger partial charge in [0, 0.05) is 6.04 Å². The Kier molecular flexibility index (Phi) is 9.12. The van der Waals surface area contributed by atoms with E-state index in [4.69, 9.17) is 0 Å². The second-order valence-corrected chi connectivity index (χ2v) is 4.51. The molecule has 0 aliphatic carbocycles. The maximum Gasteiger partial charge on any atom is 0.0104 e. The van der Waals surface area contributed by atoms with E-state index in [1.165, 1.54) is 25.9 Å². The zero-order chi connectivity index (χ0) is 11.7. The standard InChI is InChI=1S/C13H30N2/c1-6-9-10-15(8-3)13(5)12(4)11-14-7-2/h12-14H,6-11H2,1-5H3. The molecule has 0 fully saturated rings. The predicted molar refractivity (Wildman–Crippen MR) is 69.3 cm³/mol. The van der Waals surface area contributed by atoms with Gasteiger partial charge in [0.2, 0.25) is 0 Å². The van der Waals surface area contributed by atoms with Crippen LogP contribution in [0.3, 0.4) is 0 Å². The molecule has 2 heteroatoms. The van der Waals surface area contributed by atoms with Crippen molar-refractivity contribution in [1.29, 1.82) is 0 Å². The van der Waals surface area contributed by atoms with Crippen molar-refractivity contribution in [3.8, 4) is 0 Å². The number of rotatable bonds is 9. The quantitative estimate of drug-likeness (QED) is 0.635. The molecule has 2 nitrogen and oxygen atoms in total. The SMILES string of the molecule is CCCCN(CC)C(C)C(C)CNCC. The Labute approximate surface area is 96.4 Å². The first-order valence-electron chi connectivity index (χ1n) is 6.62. The second-order valence-electron chi connectivity index (χ2n) is 4.51. The maximum atomic E-state index is 3.44. The van der Waals surface area contributed by atoms with Crippen molar-refractivity contribution in [2.75, 3.05) is 26.2 Å². The molecule has 0 aromatic rings. The fourth-order valence-corrected chi connectivity index (χ4v) is 1.91. The highest BCUT2D eigenvalue weighted by atomic mass is 15.1. The monoisotopic (exact) mass is 214 g/mol. The molecule has 0 heterocycles. The molecule has 0 aliphatic rings. The number of hydrogen-bond donors (Lipinski definition) is 1. The molecule has 2 unspecified atom stereocenters. The summed E-state index contributed by atoms with van der Waals surface area (Å²) in [5.41, 5.74) is 0. The van der Waals surface area contributed by atoms with Crippen molar-refractivity contribution in [3.63, 3.8) is 0 Å². The van der Waals surface area contributed by atoms with Crippen molar-refractivity contribution in [1.82, 2.24) is 10.2 Å². The average Bonchev–Trinajstić information content (AvgIpc) is 2.26. The molecule has 0 aliphatic heterocycles. The third-order valence-corrected chi connectivity index (χ3v) is 3.32. The number of nitrogens with zero attached hydrogens (tertiary/aromatic N) is 1. The van der Waals surface area contributed by atoms with Gasteiger partial charge in [-0.05, 0) is 45.4 Å². The summed E-state index contributed by atoms with van der Waals surface area (Å²) in [6.45, 7) is 16.1. The molecule has 0 aromatic heterocycles. The fourth-order valence-electron chi connectivity index (χ4n) is 1.91. The Balaban J connectivity index is 3.93. The van der Waals surface area contributed by atoms with E-state index in [0.29, 0.717) is 6.04 Å². The lowest BCUT2D eigenvalue weighted by molar-refractivity contribution is 0.165. The molecule has 0 bridgehead atoms. The highest BCUT2D eigenvalue weighted by Crippen LogP contribution is 2.11. The lowest BCUT2D eigenvalue weighted by atomic mass is 10.0. The molecule has 0 spiro atoms. The van der Waals surface area contributed by atoms with Gasteiger partial charge in [-0.25, -0.2) is 0 Å². The van der Waals surface area contributed by atoms with Crippen LogP contribution in [0, 0.1) is 5.92 Å². The van der Waals surface area contributed by atoms with Crippen molar-refractivity contribution in [3.05, 3.63) is 0 Å². The zero-order valence-electron chi connectivity index (χ0n) is 11.3. The van der Waals surface area contributed by atoms with Crippen LogP contribution in [-0.2, 0) is 0 Å². The van der Waals surface area contributed by atoms with Gasteiger partial charge in [0.15, 0.2) is 0 Å². The van der Waals surface area contributed by atoms with Crippen LogP contribution in [-0.4, -0.2) is 37.1 Å². The fraction of sp³-hybridized carbons (Fsp3) is 1.00. The number of nitrogens with one attached hydrogen (secondary N) is 1. The summed E-state index contributed by atoms with van der Waals surface area (Å²) < 4.78 is 0. The lowest BCUT2D eigenvalue weighted by Gasteiger charge is -2.32. The van der Waals surface area contributed by atoms with E-state index < -0.39 is 0 Å². The first-order valence-corrected chi connectivity index (χ1v) is 6.62. The number of unbranched alkanes of at least 4 members (excludes halogenated alkanes) is 1. The van der Waals surface area contributed by atoms with Gasteiger partial charge in [-0.1, -0.05) is 34.1 Å². The van der Waals surface area contributed by atoms with Crippen LogP contribution in [0.5, 0.6) is 0 Å². The minimum absolute atomic E-state index is 0.695. The van der Waals surface area contributed by atoms with Gasteiger partial charge in [-0.2, -0.15) is 0 Å². The van der Waals surface area contributed by atoms with Gasteiger partial charge >= 0.3 is 0 Å². The van der Waals surface area contributed by atoms with Crippen molar-refractivity contribution in [2.24, 2.45) is 5.92 Å². The molecule has 0 amide bonds. The van der Waals surface area contributed by atoms with Crippen molar-refractivity contribution >= 4 is 0 Å². The Bertz CT molecular complexity index is 136. The lowest BCUT2D eigenvalue weighted by Crippen LogP contribution is -2.41. The first-order chi connectivity index (χ1) is 7.17. The van der Waals surface area contributed by atoms with E-state index in [0.717, 1.165) is 19.0 Å². The highest BCUT2D eigenvalue weighted by Gasteiger charge is 2.17. The Morgan fingerprint density at radius 2 is 1.80 bits per heavy atom. The third-order valence-electron chi connectivity index (χ3n) is 3.32. The molecular weight excluding hydrogens is 184 g/mol. The van der Waals surface area contributed by atoms with Crippen LogP contribution >= 0.6 is 0 Å². The largest absolute Gasteiger partial charge is 0.317 e. The third kappa shape index (κ3) is 6.16. The summed E-state index contributed by atoms with van der Waals surface area (Å²) in [4.78, 5) is 2.60. The summed E-state index contributed by atoms with van der Waals surface area (Å²) in [6.07, 6.45) is 2.62. The van der Waals surface area contributed by atoms with Gasteiger partial charge < -0.3 is 10.2 Å². The molecule has 2 atom stereocenters. The van der Waals surface area contributed by atoms with E-state index in [2.05, 4.69) is 44.8 Å². The van der Waals surface area contributed by atoms with E-state index >= 15 is 0 Å².